The number of benzene rings is 2. The Kier molecular flexibility index (Phi) is 18.2. The molecule has 0 radical (unpaired) electrons. The summed E-state index contributed by atoms with van der Waals surface area (Å²) in [4.78, 5) is 36.4. The number of aromatic carboxylic acids is 1. The van der Waals surface area contributed by atoms with Crippen molar-refractivity contribution in [2.75, 3.05) is 39.9 Å². The molecule has 44 heavy (non-hydrogen) atoms. The van der Waals surface area contributed by atoms with Crippen LogP contribution in [0.4, 0.5) is 14.5 Å². The van der Waals surface area contributed by atoms with Crippen LogP contribution < -0.4 is 15.8 Å². The van der Waals surface area contributed by atoms with E-state index in [1.165, 1.54) is 24.6 Å². The normalized spacial score (nSPS) is 17.0. The highest BCUT2D eigenvalue weighted by Gasteiger charge is 2.28. The minimum atomic E-state index is -1.00. The molecule has 0 bridgehead atoms. The van der Waals surface area contributed by atoms with Gasteiger partial charge in [-0.15, -0.1) is 0 Å². The van der Waals surface area contributed by atoms with Crippen LogP contribution in [-0.2, 0) is 9.59 Å². The molecule has 1 aromatic heterocycles. The minimum Gasteiger partial charge on any atom is -0.497 e. The second kappa shape index (κ2) is 21.0. The molecular weight excluding hydrogens is 570 g/mol. The summed E-state index contributed by atoms with van der Waals surface area (Å²) in [7, 11) is 4.41. The number of nitrogens with one attached hydrogen (secondary N) is 2. The number of H-pyrrole nitrogens is 1. The summed E-state index contributed by atoms with van der Waals surface area (Å²) in [5, 5.41) is 12.0. The van der Waals surface area contributed by atoms with E-state index < -0.39 is 12.6 Å². The molecule has 244 valence electrons. The fraction of sp³-hybridized carbons (Fsp3) is 0.485. The van der Waals surface area contributed by atoms with E-state index in [4.69, 9.17) is 15.6 Å². The van der Waals surface area contributed by atoms with Crippen LogP contribution in [-0.4, -0.2) is 80.3 Å². The molecule has 3 unspecified atom stereocenters. The predicted molar refractivity (Wildman–Crippen MR) is 172 cm³/mol. The SMILES string of the molecule is CCC(C=O)CCCC(N)CF.CF.COc1ccc([C@H]2CCN(C)C2C)cc1.O=CNc1ccc2[nH]c(C(=O)O)cc2c1. The summed E-state index contributed by atoms with van der Waals surface area (Å²) >= 11 is 0. The molecule has 2 aromatic carbocycles. The van der Waals surface area contributed by atoms with Crippen molar-refractivity contribution in [1.29, 1.82) is 0 Å². The number of likely N-dealkylation sites (N-methyl/N-ethyl adjacent to an activating group) is 1. The lowest BCUT2D eigenvalue weighted by molar-refractivity contribution is -0.111. The van der Waals surface area contributed by atoms with Gasteiger partial charge in [-0.1, -0.05) is 25.5 Å². The van der Waals surface area contributed by atoms with Crippen molar-refractivity contribution >= 4 is 35.3 Å². The lowest BCUT2D eigenvalue weighted by Gasteiger charge is -2.20. The summed E-state index contributed by atoms with van der Waals surface area (Å²) in [6.07, 6.45) is 6.06. The van der Waals surface area contributed by atoms with E-state index in [9.17, 15) is 23.2 Å². The van der Waals surface area contributed by atoms with Crippen molar-refractivity contribution in [1.82, 2.24) is 9.88 Å². The third-order valence-corrected chi connectivity index (χ3v) is 7.76. The minimum absolute atomic E-state index is 0.133. The first-order valence-electron chi connectivity index (χ1n) is 14.7. The average Bonchev–Trinajstić information content (AvgIpc) is 3.63. The van der Waals surface area contributed by atoms with Crippen LogP contribution in [0.2, 0.25) is 0 Å². The number of methoxy groups -OCH3 is 1. The van der Waals surface area contributed by atoms with Gasteiger partial charge in [-0.3, -0.25) is 9.18 Å². The number of alkyl halides is 2. The molecule has 5 N–H and O–H groups in total. The number of ether oxygens (including phenoxy) is 1. The first kappa shape index (κ1) is 38.2. The van der Waals surface area contributed by atoms with Crippen molar-refractivity contribution in [3.8, 4) is 5.75 Å². The zero-order valence-corrected chi connectivity index (χ0v) is 26.4. The monoisotopic (exact) mass is 618 g/mol. The number of amides is 1. The molecule has 4 atom stereocenters. The summed E-state index contributed by atoms with van der Waals surface area (Å²) in [6, 6.07) is 15.4. The van der Waals surface area contributed by atoms with Crippen molar-refractivity contribution in [2.24, 2.45) is 11.7 Å². The van der Waals surface area contributed by atoms with E-state index in [0.29, 0.717) is 37.7 Å². The van der Waals surface area contributed by atoms with Crippen LogP contribution in [0.5, 0.6) is 5.75 Å². The molecule has 0 aliphatic carbocycles. The van der Waals surface area contributed by atoms with Crippen LogP contribution in [0.25, 0.3) is 10.9 Å². The summed E-state index contributed by atoms with van der Waals surface area (Å²) in [5.74, 6) is 0.756. The van der Waals surface area contributed by atoms with Gasteiger partial charge in [0.25, 0.3) is 0 Å². The Hall–Kier alpha value is -3.83. The van der Waals surface area contributed by atoms with Gasteiger partial charge in [-0.25, -0.2) is 9.18 Å². The lowest BCUT2D eigenvalue weighted by Crippen LogP contribution is -2.24. The number of nitrogens with zero attached hydrogens (tertiary/aromatic N) is 1. The van der Waals surface area contributed by atoms with Gasteiger partial charge in [0.05, 0.1) is 14.3 Å². The summed E-state index contributed by atoms with van der Waals surface area (Å²) in [5.41, 5.74) is 8.31. The fourth-order valence-electron chi connectivity index (χ4n) is 4.88. The molecule has 0 spiro atoms. The Morgan fingerprint density at radius 3 is 2.36 bits per heavy atom. The number of hydrogen-bond acceptors (Lipinski definition) is 6. The first-order valence-corrected chi connectivity index (χ1v) is 14.7. The molecule has 9 nitrogen and oxygen atoms in total. The third kappa shape index (κ3) is 12.4. The van der Waals surface area contributed by atoms with Crippen LogP contribution in [0, 0.1) is 5.92 Å². The van der Waals surface area contributed by atoms with Gasteiger partial charge >= 0.3 is 5.97 Å². The first-order chi connectivity index (χ1) is 21.2. The number of carbonyl (C=O) groups excluding carboxylic acids is 2. The van der Waals surface area contributed by atoms with Crippen LogP contribution in [0.15, 0.2) is 48.5 Å². The van der Waals surface area contributed by atoms with Crippen molar-refractivity contribution in [3.05, 3.63) is 59.8 Å². The van der Waals surface area contributed by atoms with Gasteiger partial charge in [-0.2, -0.15) is 0 Å². The number of likely N-dealkylation sites (tertiary alicyclic amines) is 1. The maximum Gasteiger partial charge on any atom is 0.352 e. The maximum atomic E-state index is 11.9. The second-order valence-electron chi connectivity index (χ2n) is 10.6. The average molecular weight is 619 g/mol. The molecule has 1 amide bonds. The van der Waals surface area contributed by atoms with E-state index in [1.807, 2.05) is 6.92 Å². The van der Waals surface area contributed by atoms with Crippen LogP contribution >= 0.6 is 0 Å². The van der Waals surface area contributed by atoms with Gasteiger partial charge in [0.1, 0.15) is 24.4 Å². The number of nitrogens with two attached hydrogens (primary N) is 1. The lowest BCUT2D eigenvalue weighted by atomic mass is 9.93. The number of aldehydes is 1. The van der Waals surface area contributed by atoms with Gasteiger partial charge < -0.3 is 35.6 Å². The molecule has 11 heteroatoms. The number of fused-ring (bicyclic) bond motifs is 1. The molecule has 1 fully saturated rings. The van der Waals surface area contributed by atoms with E-state index in [0.717, 1.165) is 42.2 Å². The Morgan fingerprint density at radius 1 is 1.18 bits per heavy atom. The predicted octanol–water partition coefficient (Wildman–Crippen LogP) is 6.20. The Labute approximate surface area is 259 Å². The number of carbonyl (C=O) groups is 3. The van der Waals surface area contributed by atoms with Crippen molar-refractivity contribution in [2.45, 2.75) is 64.0 Å². The third-order valence-electron chi connectivity index (χ3n) is 7.76. The Balaban J connectivity index is 0.000000324. The molecular formula is C33H48F2N4O5. The highest BCUT2D eigenvalue weighted by atomic mass is 19.1. The van der Waals surface area contributed by atoms with E-state index >= 15 is 0 Å². The van der Waals surface area contributed by atoms with Crippen molar-refractivity contribution < 1.29 is 33.0 Å². The summed E-state index contributed by atoms with van der Waals surface area (Å²) < 4.78 is 26.5. The van der Waals surface area contributed by atoms with Crippen LogP contribution in [0.3, 0.4) is 0 Å². The quantitative estimate of drug-likeness (QED) is 0.177. The molecule has 3 aromatic rings. The Bertz CT molecular complexity index is 1250. The number of rotatable bonds is 12. The van der Waals surface area contributed by atoms with E-state index in [2.05, 4.69) is 53.4 Å². The number of aromatic nitrogens is 1. The topological polar surface area (TPSA) is 138 Å². The molecule has 2 heterocycles. The smallest absolute Gasteiger partial charge is 0.352 e. The zero-order chi connectivity index (χ0) is 33.1. The van der Waals surface area contributed by atoms with Gasteiger partial charge in [0.2, 0.25) is 6.41 Å². The largest absolute Gasteiger partial charge is 0.497 e. The van der Waals surface area contributed by atoms with Gasteiger partial charge in [0, 0.05) is 40.5 Å². The molecule has 1 aliphatic heterocycles. The van der Waals surface area contributed by atoms with E-state index in [1.54, 1.807) is 25.3 Å². The highest BCUT2D eigenvalue weighted by Crippen LogP contribution is 2.32. The molecule has 1 aliphatic rings. The van der Waals surface area contributed by atoms with E-state index in [-0.39, 0.29) is 17.7 Å². The number of halogens is 2. The fourth-order valence-corrected chi connectivity index (χ4v) is 4.88. The number of hydrogen-bond donors (Lipinski definition) is 4. The molecule has 0 saturated carbocycles. The second-order valence-corrected chi connectivity index (χ2v) is 10.6. The Morgan fingerprint density at radius 2 is 1.86 bits per heavy atom. The van der Waals surface area contributed by atoms with Gasteiger partial charge in [-0.05, 0) is 88.2 Å². The van der Waals surface area contributed by atoms with Crippen LogP contribution in [0.1, 0.15) is 67.9 Å². The van der Waals surface area contributed by atoms with Gasteiger partial charge in [0.15, 0.2) is 0 Å². The summed E-state index contributed by atoms with van der Waals surface area (Å²) in [6.45, 7) is 5.03. The van der Waals surface area contributed by atoms with Crippen molar-refractivity contribution in [3.63, 3.8) is 0 Å². The number of carboxylic acids is 1. The number of anilines is 1. The highest BCUT2D eigenvalue weighted by molar-refractivity contribution is 5.95. The molecule has 1 saturated heterocycles. The zero-order valence-electron chi connectivity index (χ0n) is 26.4. The molecule has 4 rings (SSSR count). The standard InChI is InChI=1S/C13H19NO.C10H8N2O3.C9H18FNO.CH3F/c1-10-13(8-9-14(10)2)11-4-6-12(15-3)7-5-11;13-5-11-7-1-2-8-6(3-7)4-9(12-8)10(14)15;1-2-8(7-12)4-3-5-9(11)6-10;1-2/h4-7,10,13H,8-9H2,1-3H3;1-5,12H,(H,11,13)(H,14,15);7-9H,2-6,11H2,1H3;1H3/t10?,13-;;;/m0.../s1. The number of aromatic amines is 1. The number of carboxylic acid groups (broad SMARTS) is 1. The maximum absolute atomic E-state index is 11.9.